The van der Waals surface area contributed by atoms with Gasteiger partial charge in [0.05, 0.1) is 6.10 Å². The Kier molecular flexibility index (Phi) is 7.20. The monoisotopic (exact) mass is 256 g/mol. The molecular weight excluding hydrogens is 224 g/mol. The first kappa shape index (κ1) is 15.9. The van der Waals surface area contributed by atoms with E-state index in [1.165, 1.54) is 19.5 Å². The fraction of sp³-hybridized carbons (Fsp3) is 1.00. The van der Waals surface area contributed by atoms with Crippen molar-refractivity contribution in [2.45, 2.75) is 59.1 Å². The second-order valence-electron chi connectivity index (χ2n) is 5.82. The van der Waals surface area contributed by atoms with Crippen LogP contribution in [0.15, 0.2) is 0 Å². The zero-order chi connectivity index (χ0) is 13.5. The summed E-state index contributed by atoms with van der Waals surface area (Å²) in [5, 5.41) is 13.7. The molecule has 0 saturated carbocycles. The predicted molar refractivity (Wildman–Crippen MR) is 77.8 cm³/mol. The summed E-state index contributed by atoms with van der Waals surface area (Å²) in [6.45, 7) is 13.2. The maximum atomic E-state index is 10.2. The number of likely N-dealkylation sites (tertiary alicyclic amines) is 1. The molecular formula is C15H32N2O. The molecule has 1 rings (SSSR count). The van der Waals surface area contributed by atoms with Crippen molar-refractivity contribution in [1.29, 1.82) is 0 Å². The number of rotatable bonds is 7. The lowest BCUT2D eigenvalue weighted by atomic mass is 9.92. The fourth-order valence-electron chi connectivity index (χ4n) is 3.09. The second kappa shape index (κ2) is 8.13. The van der Waals surface area contributed by atoms with E-state index in [0.29, 0.717) is 17.9 Å². The van der Waals surface area contributed by atoms with E-state index in [4.69, 9.17) is 0 Å². The van der Waals surface area contributed by atoms with Gasteiger partial charge in [0.1, 0.15) is 0 Å². The molecule has 1 aliphatic heterocycles. The molecule has 0 amide bonds. The molecule has 1 heterocycles. The Morgan fingerprint density at radius 3 is 2.44 bits per heavy atom. The van der Waals surface area contributed by atoms with Gasteiger partial charge in [0.15, 0.2) is 0 Å². The van der Waals surface area contributed by atoms with Gasteiger partial charge in [-0.05, 0) is 31.3 Å². The Bertz CT molecular complexity index is 219. The number of aliphatic hydroxyl groups excluding tert-OH is 1. The second-order valence-corrected chi connectivity index (χ2v) is 5.82. The standard InChI is InChI=1S/C15H32N2O/c1-5-13(6-2)15(18)10-16-14-8-9-17(7-3)11-12(14)4/h12-16,18H,5-11H2,1-4H3. The van der Waals surface area contributed by atoms with Gasteiger partial charge < -0.3 is 15.3 Å². The van der Waals surface area contributed by atoms with Gasteiger partial charge in [-0.3, -0.25) is 0 Å². The van der Waals surface area contributed by atoms with Gasteiger partial charge in [-0.1, -0.05) is 40.5 Å². The lowest BCUT2D eigenvalue weighted by Gasteiger charge is -2.37. The van der Waals surface area contributed by atoms with Crippen LogP contribution in [0.1, 0.15) is 47.0 Å². The maximum absolute atomic E-state index is 10.2. The van der Waals surface area contributed by atoms with Gasteiger partial charge in [0, 0.05) is 19.1 Å². The maximum Gasteiger partial charge on any atom is 0.0692 e. The van der Waals surface area contributed by atoms with E-state index >= 15 is 0 Å². The molecule has 1 aliphatic rings. The van der Waals surface area contributed by atoms with Crippen LogP contribution in [-0.2, 0) is 0 Å². The van der Waals surface area contributed by atoms with Crippen LogP contribution in [0.5, 0.6) is 0 Å². The van der Waals surface area contributed by atoms with Crippen LogP contribution in [0.3, 0.4) is 0 Å². The minimum Gasteiger partial charge on any atom is -0.392 e. The Morgan fingerprint density at radius 2 is 1.94 bits per heavy atom. The van der Waals surface area contributed by atoms with Crippen molar-refractivity contribution in [1.82, 2.24) is 10.2 Å². The number of nitrogens with one attached hydrogen (secondary N) is 1. The van der Waals surface area contributed by atoms with E-state index in [1.807, 2.05) is 0 Å². The molecule has 3 nitrogen and oxygen atoms in total. The van der Waals surface area contributed by atoms with Crippen molar-refractivity contribution in [2.75, 3.05) is 26.2 Å². The zero-order valence-corrected chi connectivity index (χ0v) is 12.7. The third-order valence-corrected chi connectivity index (χ3v) is 4.62. The Hall–Kier alpha value is -0.120. The number of nitrogens with zero attached hydrogens (tertiary/aromatic N) is 1. The number of hydrogen-bond donors (Lipinski definition) is 2. The summed E-state index contributed by atoms with van der Waals surface area (Å²) in [7, 11) is 0. The van der Waals surface area contributed by atoms with Gasteiger partial charge >= 0.3 is 0 Å². The highest BCUT2D eigenvalue weighted by Gasteiger charge is 2.26. The van der Waals surface area contributed by atoms with Crippen molar-refractivity contribution < 1.29 is 5.11 Å². The molecule has 0 aromatic heterocycles. The highest BCUT2D eigenvalue weighted by Crippen LogP contribution is 2.18. The van der Waals surface area contributed by atoms with Crippen LogP contribution < -0.4 is 5.32 Å². The molecule has 3 heteroatoms. The molecule has 0 aliphatic carbocycles. The summed E-state index contributed by atoms with van der Waals surface area (Å²) in [4.78, 5) is 2.51. The third kappa shape index (κ3) is 4.52. The number of aliphatic hydroxyl groups is 1. The molecule has 0 aromatic rings. The van der Waals surface area contributed by atoms with Crippen molar-refractivity contribution in [2.24, 2.45) is 11.8 Å². The fourth-order valence-corrected chi connectivity index (χ4v) is 3.09. The predicted octanol–water partition coefficient (Wildman–Crippen LogP) is 2.10. The molecule has 3 atom stereocenters. The summed E-state index contributed by atoms with van der Waals surface area (Å²) in [6, 6.07) is 0.580. The largest absolute Gasteiger partial charge is 0.392 e. The van der Waals surface area contributed by atoms with E-state index in [-0.39, 0.29) is 6.10 Å². The highest BCUT2D eigenvalue weighted by atomic mass is 16.3. The van der Waals surface area contributed by atoms with Crippen LogP contribution in [0.4, 0.5) is 0 Å². The average molecular weight is 256 g/mol. The molecule has 2 N–H and O–H groups in total. The van der Waals surface area contributed by atoms with Gasteiger partial charge in [0.2, 0.25) is 0 Å². The smallest absolute Gasteiger partial charge is 0.0692 e. The molecule has 1 fully saturated rings. The molecule has 3 unspecified atom stereocenters. The first-order chi connectivity index (χ1) is 8.62. The van der Waals surface area contributed by atoms with E-state index in [1.54, 1.807) is 0 Å². The van der Waals surface area contributed by atoms with Crippen LogP contribution in [0, 0.1) is 11.8 Å². The van der Waals surface area contributed by atoms with Crippen LogP contribution in [0.2, 0.25) is 0 Å². The van der Waals surface area contributed by atoms with E-state index in [9.17, 15) is 5.11 Å². The normalized spacial score (nSPS) is 27.7. The van der Waals surface area contributed by atoms with Crippen LogP contribution in [-0.4, -0.2) is 48.3 Å². The number of piperidine rings is 1. The summed E-state index contributed by atoms with van der Waals surface area (Å²) in [5.74, 6) is 1.14. The van der Waals surface area contributed by atoms with Gasteiger partial charge in [-0.15, -0.1) is 0 Å². The van der Waals surface area contributed by atoms with Gasteiger partial charge in [0.25, 0.3) is 0 Å². The summed E-state index contributed by atoms with van der Waals surface area (Å²) < 4.78 is 0. The average Bonchev–Trinajstić information content (AvgIpc) is 2.38. The minimum atomic E-state index is -0.184. The summed E-state index contributed by atoms with van der Waals surface area (Å²) in [5.41, 5.74) is 0. The number of hydrogen-bond acceptors (Lipinski definition) is 3. The molecule has 0 radical (unpaired) electrons. The van der Waals surface area contributed by atoms with Crippen LogP contribution >= 0.6 is 0 Å². The van der Waals surface area contributed by atoms with Crippen LogP contribution in [0.25, 0.3) is 0 Å². The molecule has 108 valence electrons. The molecule has 0 aromatic carbocycles. The van der Waals surface area contributed by atoms with E-state index < -0.39 is 0 Å². The first-order valence-corrected chi connectivity index (χ1v) is 7.76. The van der Waals surface area contributed by atoms with Gasteiger partial charge in [-0.25, -0.2) is 0 Å². The lowest BCUT2D eigenvalue weighted by molar-refractivity contribution is 0.0853. The molecule has 0 spiro atoms. The van der Waals surface area contributed by atoms with Crippen molar-refractivity contribution in [3.05, 3.63) is 0 Å². The van der Waals surface area contributed by atoms with Crippen molar-refractivity contribution >= 4 is 0 Å². The molecule has 18 heavy (non-hydrogen) atoms. The quantitative estimate of drug-likeness (QED) is 0.732. The molecule has 0 bridgehead atoms. The first-order valence-electron chi connectivity index (χ1n) is 7.76. The lowest BCUT2D eigenvalue weighted by Crippen LogP contribution is -2.50. The van der Waals surface area contributed by atoms with Crippen molar-refractivity contribution in [3.63, 3.8) is 0 Å². The summed E-state index contributed by atoms with van der Waals surface area (Å²) >= 11 is 0. The van der Waals surface area contributed by atoms with E-state index in [2.05, 4.69) is 37.9 Å². The zero-order valence-electron chi connectivity index (χ0n) is 12.7. The highest BCUT2D eigenvalue weighted by molar-refractivity contribution is 4.83. The van der Waals surface area contributed by atoms with E-state index in [0.717, 1.165) is 25.9 Å². The SMILES string of the molecule is CCC(CC)C(O)CNC1CCN(CC)CC1C. The Morgan fingerprint density at radius 1 is 1.28 bits per heavy atom. The Labute approximate surface area is 113 Å². The Balaban J connectivity index is 2.31. The van der Waals surface area contributed by atoms with Gasteiger partial charge in [-0.2, -0.15) is 0 Å². The van der Waals surface area contributed by atoms with Crippen molar-refractivity contribution in [3.8, 4) is 0 Å². The third-order valence-electron chi connectivity index (χ3n) is 4.62. The summed E-state index contributed by atoms with van der Waals surface area (Å²) in [6.07, 6.45) is 3.17. The minimum absolute atomic E-state index is 0.184. The molecule has 1 saturated heterocycles. The topological polar surface area (TPSA) is 35.5 Å².